The SMILES string of the molecule is COc1cc(OC)c(NC(=O)Cn2nc(-c3ncn(Cc4ccc(Cl)cc4)c3C)oc2=O)cc1Cl. The van der Waals surface area contributed by atoms with Gasteiger partial charge in [0.1, 0.15) is 23.7 Å². The molecule has 0 saturated heterocycles. The number of aromatic nitrogens is 4. The molecule has 0 bridgehead atoms. The summed E-state index contributed by atoms with van der Waals surface area (Å²) in [4.78, 5) is 29.3. The molecular formula is C23H21Cl2N5O5. The molecular weight excluding hydrogens is 497 g/mol. The molecule has 4 aromatic rings. The fourth-order valence-corrected chi connectivity index (χ4v) is 3.75. The van der Waals surface area contributed by atoms with Crippen LogP contribution in [0.15, 0.2) is 51.9 Å². The first-order valence-corrected chi connectivity index (χ1v) is 11.1. The molecule has 0 spiro atoms. The van der Waals surface area contributed by atoms with Gasteiger partial charge in [-0.2, -0.15) is 4.68 Å². The van der Waals surface area contributed by atoms with Crippen molar-refractivity contribution in [1.29, 1.82) is 0 Å². The maximum Gasteiger partial charge on any atom is 0.437 e. The number of hydrogen-bond donors (Lipinski definition) is 1. The van der Waals surface area contributed by atoms with Crippen LogP contribution in [0, 0.1) is 6.92 Å². The molecule has 35 heavy (non-hydrogen) atoms. The predicted molar refractivity (Wildman–Crippen MR) is 130 cm³/mol. The van der Waals surface area contributed by atoms with Crippen molar-refractivity contribution in [2.75, 3.05) is 19.5 Å². The first-order valence-electron chi connectivity index (χ1n) is 10.3. The third-order valence-corrected chi connectivity index (χ3v) is 5.76. The topological polar surface area (TPSA) is 113 Å². The van der Waals surface area contributed by atoms with Crippen LogP contribution in [0.2, 0.25) is 10.0 Å². The Morgan fingerprint density at radius 1 is 1.11 bits per heavy atom. The number of amides is 1. The molecule has 10 nitrogen and oxygen atoms in total. The summed E-state index contributed by atoms with van der Waals surface area (Å²) in [7, 11) is 2.91. The average Bonchev–Trinajstić information content (AvgIpc) is 3.37. The molecule has 2 aromatic heterocycles. The zero-order valence-electron chi connectivity index (χ0n) is 19.0. The molecule has 1 N–H and O–H groups in total. The number of methoxy groups -OCH3 is 2. The molecule has 0 atom stereocenters. The van der Waals surface area contributed by atoms with Gasteiger partial charge in [-0.15, -0.1) is 5.10 Å². The number of carbonyl (C=O) groups is 1. The van der Waals surface area contributed by atoms with Gasteiger partial charge < -0.3 is 23.8 Å². The lowest BCUT2D eigenvalue weighted by molar-refractivity contribution is -0.117. The summed E-state index contributed by atoms with van der Waals surface area (Å²) < 4.78 is 18.5. The van der Waals surface area contributed by atoms with Crippen LogP contribution in [-0.4, -0.2) is 39.5 Å². The highest BCUT2D eigenvalue weighted by Gasteiger charge is 2.19. The number of rotatable bonds is 8. The van der Waals surface area contributed by atoms with Crippen LogP contribution < -0.4 is 20.5 Å². The Bertz CT molecular complexity index is 1430. The largest absolute Gasteiger partial charge is 0.495 e. The molecule has 12 heteroatoms. The summed E-state index contributed by atoms with van der Waals surface area (Å²) in [6, 6.07) is 10.5. The van der Waals surface area contributed by atoms with Gasteiger partial charge in [-0.1, -0.05) is 35.3 Å². The lowest BCUT2D eigenvalue weighted by Crippen LogP contribution is -2.26. The molecule has 2 heterocycles. The highest BCUT2D eigenvalue weighted by Crippen LogP contribution is 2.35. The van der Waals surface area contributed by atoms with Gasteiger partial charge in [0.25, 0.3) is 5.89 Å². The molecule has 0 saturated carbocycles. The van der Waals surface area contributed by atoms with E-state index in [0.717, 1.165) is 15.9 Å². The first-order chi connectivity index (χ1) is 16.8. The van der Waals surface area contributed by atoms with Gasteiger partial charge in [-0.05, 0) is 30.7 Å². The van der Waals surface area contributed by atoms with Crippen LogP contribution in [0.5, 0.6) is 11.5 Å². The molecule has 2 aromatic carbocycles. The summed E-state index contributed by atoms with van der Waals surface area (Å²) in [5, 5.41) is 7.74. The number of benzene rings is 2. The summed E-state index contributed by atoms with van der Waals surface area (Å²) in [5.41, 5.74) is 2.49. The van der Waals surface area contributed by atoms with Crippen molar-refractivity contribution in [3.05, 3.63) is 74.6 Å². The van der Waals surface area contributed by atoms with Crippen LogP contribution in [0.4, 0.5) is 5.69 Å². The van der Waals surface area contributed by atoms with Gasteiger partial charge in [0.05, 0.1) is 31.3 Å². The van der Waals surface area contributed by atoms with Gasteiger partial charge >= 0.3 is 5.76 Å². The Labute approximate surface area is 210 Å². The number of nitrogens with one attached hydrogen (secondary N) is 1. The lowest BCUT2D eigenvalue weighted by atomic mass is 10.2. The third kappa shape index (κ3) is 5.33. The monoisotopic (exact) mass is 517 g/mol. The number of halogens is 2. The van der Waals surface area contributed by atoms with Crippen molar-refractivity contribution in [3.63, 3.8) is 0 Å². The Morgan fingerprint density at radius 3 is 2.51 bits per heavy atom. The lowest BCUT2D eigenvalue weighted by Gasteiger charge is -2.12. The number of carbonyl (C=O) groups excluding carboxylic acids is 1. The van der Waals surface area contributed by atoms with Gasteiger partial charge in [0, 0.05) is 23.3 Å². The molecule has 0 unspecified atom stereocenters. The second kappa shape index (κ2) is 10.2. The average molecular weight is 518 g/mol. The van der Waals surface area contributed by atoms with E-state index in [1.54, 1.807) is 12.4 Å². The second-order valence-electron chi connectivity index (χ2n) is 7.50. The minimum absolute atomic E-state index is 0.0141. The summed E-state index contributed by atoms with van der Waals surface area (Å²) >= 11 is 12.1. The van der Waals surface area contributed by atoms with Crippen molar-refractivity contribution in [3.8, 4) is 23.1 Å². The molecule has 0 aliphatic carbocycles. The number of nitrogens with zero attached hydrogens (tertiary/aromatic N) is 4. The van der Waals surface area contributed by atoms with Gasteiger partial charge in [0.2, 0.25) is 5.91 Å². The summed E-state index contributed by atoms with van der Waals surface area (Å²) in [6.45, 7) is 2.00. The second-order valence-corrected chi connectivity index (χ2v) is 8.34. The highest BCUT2D eigenvalue weighted by atomic mass is 35.5. The van der Waals surface area contributed by atoms with Gasteiger partial charge in [-0.3, -0.25) is 4.79 Å². The maximum absolute atomic E-state index is 12.6. The van der Waals surface area contributed by atoms with Crippen LogP contribution in [0.1, 0.15) is 11.3 Å². The van der Waals surface area contributed by atoms with E-state index < -0.39 is 11.7 Å². The maximum atomic E-state index is 12.6. The number of imidazole rings is 1. The molecule has 4 rings (SSSR count). The number of hydrogen-bond acceptors (Lipinski definition) is 7. The van der Waals surface area contributed by atoms with Crippen LogP contribution >= 0.6 is 23.2 Å². The number of ether oxygens (including phenoxy) is 2. The Morgan fingerprint density at radius 2 is 1.83 bits per heavy atom. The molecule has 0 aliphatic rings. The molecule has 1 amide bonds. The molecule has 0 aliphatic heterocycles. The van der Waals surface area contributed by atoms with E-state index in [4.69, 9.17) is 37.1 Å². The van der Waals surface area contributed by atoms with Crippen LogP contribution in [-0.2, 0) is 17.9 Å². The van der Waals surface area contributed by atoms with Crippen molar-refractivity contribution in [2.24, 2.45) is 0 Å². The Kier molecular flexibility index (Phi) is 7.13. The molecule has 182 valence electrons. The number of anilines is 1. The van der Waals surface area contributed by atoms with Crippen molar-refractivity contribution in [1.82, 2.24) is 19.3 Å². The smallest absolute Gasteiger partial charge is 0.437 e. The Balaban J connectivity index is 1.50. The van der Waals surface area contributed by atoms with E-state index in [-0.39, 0.29) is 17.5 Å². The summed E-state index contributed by atoms with van der Waals surface area (Å²) in [5.74, 6) is -0.572. The third-order valence-electron chi connectivity index (χ3n) is 5.22. The fraction of sp³-hybridized carbons (Fsp3) is 0.217. The normalized spacial score (nSPS) is 10.9. The van der Waals surface area contributed by atoms with Gasteiger partial charge in [0.15, 0.2) is 0 Å². The minimum atomic E-state index is -0.790. The highest BCUT2D eigenvalue weighted by molar-refractivity contribution is 6.32. The van der Waals surface area contributed by atoms with E-state index in [2.05, 4.69) is 15.4 Å². The quantitative estimate of drug-likeness (QED) is 0.375. The van der Waals surface area contributed by atoms with Crippen molar-refractivity contribution in [2.45, 2.75) is 20.0 Å². The minimum Gasteiger partial charge on any atom is -0.495 e. The summed E-state index contributed by atoms with van der Waals surface area (Å²) in [6.07, 6.45) is 1.63. The van der Waals surface area contributed by atoms with E-state index in [1.807, 2.05) is 35.8 Å². The first kappa shape index (κ1) is 24.4. The fourth-order valence-electron chi connectivity index (χ4n) is 3.38. The van der Waals surface area contributed by atoms with Crippen molar-refractivity contribution < 1.29 is 18.7 Å². The van der Waals surface area contributed by atoms with Gasteiger partial charge in [-0.25, -0.2) is 9.78 Å². The van der Waals surface area contributed by atoms with E-state index in [0.29, 0.717) is 34.4 Å². The molecule has 0 fully saturated rings. The van der Waals surface area contributed by atoms with E-state index >= 15 is 0 Å². The molecule has 0 radical (unpaired) electrons. The Hall–Kier alpha value is -3.76. The zero-order valence-corrected chi connectivity index (χ0v) is 20.6. The standard InChI is InChI=1S/C23H21Cl2N5O5/c1-13-21(26-12-29(13)10-14-4-6-15(24)7-5-14)22-28-30(23(32)35-22)11-20(31)27-17-8-16(25)18(33-2)9-19(17)34-3/h4-9,12H,10-11H2,1-3H3,(H,27,31). The van der Waals surface area contributed by atoms with Crippen LogP contribution in [0.3, 0.4) is 0 Å². The predicted octanol–water partition coefficient (Wildman–Crippen LogP) is 4.02. The zero-order chi connectivity index (χ0) is 25.1. The van der Waals surface area contributed by atoms with E-state index in [1.165, 1.54) is 20.3 Å². The van der Waals surface area contributed by atoms with E-state index in [9.17, 15) is 9.59 Å². The van der Waals surface area contributed by atoms with Crippen LogP contribution in [0.25, 0.3) is 11.6 Å². The van der Waals surface area contributed by atoms with Crippen molar-refractivity contribution >= 4 is 34.8 Å².